The highest BCUT2D eigenvalue weighted by molar-refractivity contribution is 6.74. The Morgan fingerprint density at radius 3 is 2.10 bits per heavy atom. The molecule has 1 unspecified atom stereocenters. The Balaban J connectivity index is 2.10. The molecule has 0 aliphatic heterocycles. The number of hydrogen-bond acceptors (Lipinski definition) is 5. The first-order valence-electron chi connectivity index (χ1n) is 19.9. The highest BCUT2D eigenvalue weighted by Crippen LogP contribution is 2.56. The summed E-state index contributed by atoms with van der Waals surface area (Å²) in [5.41, 5.74) is 5.06. The molecule has 0 aromatic heterocycles. The molecule has 0 heterocycles. The molecule has 3 rings (SSSR count). The molecule has 0 N–H and O–H groups in total. The van der Waals surface area contributed by atoms with E-state index in [1.165, 1.54) is 18.4 Å². The molecule has 5 nitrogen and oxygen atoms in total. The minimum Gasteiger partial charge on any atom is -0.458 e. The van der Waals surface area contributed by atoms with Gasteiger partial charge in [-0.05, 0) is 111 Å². The Hall–Kier alpha value is -1.26. The molecule has 50 heavy (non-hydrogen) atoms. The van der Waals surface area contributed by atoms with Crippen LogP contribution in [0.1, 0.15) is 147 Å². The number of carbonyl (C=O) groups is 1. The summed E-state index contributed by atoms with van der Waals surface area (Å²) in [5.74, 6) is -0.815. The Morgan fingerprint density at radius 2 is 1.56 bits per heavy atom. The smallest absolute Gasteiger partial charge is 0.332 e. The van der Waals surface area contributed by atoms with Crippen molar-refractivity contribution in [2.24, 2.45) is 11.3 Å². The summed E-state index contributed by atoms with van der Waals surface area (Å²) in [6.45, 7) is 38.4. The van der Waals surface area contributed by atoms with E-state index in [1.807, 2.05) is 0 Å². The topological polar surface area (TPSA) is 54.0 Å². The van der Waals surface area contributed by atoms with Crippen LogP contribution in [0, 0.1) is 11.3 Å². The summed E-state index contributed by atoms with van der Waals surface area (Å²) in [5, 5.41) is -0.0357. The molecular weight excluding hydrogens is 653 g/mol. The molecular formula is C43H76O5Si2. The molecule has 0 radical (unpaired) electrons. The standard InChI is InChI=1S/C43H76O5Si2/c1-17-26-41(11,27-18-2)46-38(44)31-45-43(48-50(15,16)40(8,9)10)29-34(32(4)37(30-43)47-49(13,14)39(5,6)7)23-22-33-21-20-28-42(12)35(19-3)24-25-36(33)42/h22-24,36-37H,4,17-21,25-31H2,1-3,5-16H3/t36-,37?,42+,43-/m0/s1. The van der Waals surface area contributed by atoms with Crippen LogP contribution in [0.5, 0.6) is 0 Å². The van der Waals surface area contributed by atoms with E-state index in [-0.39, 0.29) is 34.2 Å². The first-order valence-corrected chi connectivity index (χ1v) is 25.7. The van der Waals surface area contributed by atoms with Crippen LogP contribution in [0.2, 0.25) is 36.3 Å². The maximum absolute atomic E-state index is 13.6. The SMILES string of the molecule is C=C1C(=CC=C2CCC[C@]3(C)C(CC)=CC[C@@H]23)C[C@](OCC(=O)OC(C)(CCC)CCC)(O[Si](C)(C)C(C)(C)C)CC1O[Si](C)(C)C(C)(C)C. The molecule has 7 heteroatoms. The maximum Gasteiger partial charge on any atom is 0.332 e. The predicted octanol–water partition coefficient (Wildman–Crippen LogP) is 12.8. The summed E-state index contributed by atoms with van der Waals surface area (Å²) < 4.78 is 27.6. The number of carbonyl (C=O) groups excluding carboxylic acids is 1. The van der Waals surface area contributed by atoms with Crippen LogP contribution in [-0.2, 0) is 23.1 Å². The second-order valence-electron chi connectivity index (χ2n) is 19.3. The van der Waals surface area contributed by atoms with E-state index in [1.54, 1.807) is 5.57 Å². The second-order valence-corrected chi connectivity index (χ2v) is 28.8. The van der Waals surface area contributed by atoms with E-state index in [0.717, 1.165) is 56.1 Å². The van der Waals surface area contributed by atoms with Crippen molar-refractivity contribution in [3.63, 3.8) is 0 Å². The van der Waals surface area contributed by atoms with Crippen molar-refractivity contribution < 1.29 is 23.1 Å². The third-order valence-electron chi connectivity index (χ3n) is 13.2. The van der Waals surface area contributed by atoms with Gasteiger partial charge in [-0.3, -0.25) is 0 Å². The van der Waals surface area contributed by atoms with E-state index in [0.29, 0.717) is 18.8 Å². The van der Waals surface area contributed by atoms with Gasteiger partial charge in [0, 0.05) is 12.8 Å². The Labute approximate surface area is 310 Å². The van der Waals surface area contributed by atoms with Gasteiger partial charge in [0.05, 0.1) is 6.10 Å². The summed E-state index contributed by atoms with van der Waals surface area (Å²) in [6, 6.07) is 0. The van der Waals surface area contributed by atoms with Crippen molar-refractivity contribution in [3.8, 4) is 0 Å². The largest absolute Gasteiger partial charge is 0.458 e. The molecule has 2 fully saturated rings. The molecule has 0 spiro atoms. The van der Waals surface area contributed by atoms with Gasteiger partial charge < -0.3 is 18.3 Å². The molecule has 286 valence electrons. The predicted molar refractivity (Wildman–Crippen MR) is 216 cm³/mol. The van der Waals surface area contributed by atoms with Crippen molar-refractivity contribution in [2.45, 2.75) is 201 Å². The fourth-order valence-electron chi connectivity index (χ4n) is 8.18. The molecule has 2 saturated carbocycles. The van der Waals surface area contributed by atoms with E-state index < -0.39 is 28.0 Å². The number of ether oxygens (including phenoxy) is 2. The lowest BCUT2D eigenvalue weighted by Gasteiger charge is -2.51. The Bertz CT molecular complexity index is 1300. The lowest BCUT2D eigenvalue weighted by Crippen LogP contribution is -2.56. The molecule has 0 bridgehead atoms. The Morgan fingerprint density at radius 1 is 0.960 bits per heavy atom. The van der Waals surface area contributed by atoms with E-state index >= 15 is 0 Å². The molecule has 0 aromatic carbocycles. The van der Waals surface area contributed by atoms with Gasteiger partial charge in [0.1, 0.15) is 12.2 Å². The molecule has 3 aliphatic rings. The number of rotatable bonds is 14. The van der Waals surface area contributed by atoms with Gasteiger partial charge >= 0.3 is 5.97 Å². The van der Waals surface area contributed by atoms with Gasteiger partial charge in [0.25, 0.3) is 0 Å². The zero-order valence-corrected chi connectivity index (χ0v) is 37.1. The van der Waals surface area contributed by atoms with Gasteiger partial charge in [-0.15, -0.1) is 0 Å². The zero-order chi connectivity index (χ0) is 38.0. The van der Waals surface area contributed by atoms with Gasteiger partial charge in [-0.2, -0.15) is 0 Å². The van der Waals surface area contributed by atoms with Crippen LogP contribution >= 0.6 is 0 Å². The van der Waals surface area contributed by atoms with E-state index in [9.17, 15) is 4.79 Å². The molecule has 0 amide bonds. The van der Waals surface area contributed by atoms with Gasteiger partial charge in [0.2, 0.25) is 0 Å². The fourth-order valence-corrected chi connectivity index (χ4v) is 10.9. The minimum atomic E-state index is -2.38. The monoisotopic (exact) mass is 729 g/mol. The van der Waals surface area contributed by atoms with Crippen LogP contribution < -0.4 is 0 Å². The average Bonchev–Trinajstić information content (AvgIpc) is 3.32. The molecule has 0 saturated heterocycles. The second kappa shape index (κ2) is 16.0. The van der Waals surface area contributed by atoms with E-state index in [4.69, 9.17) is 24.9 Å². The minimum absolute atomic E-state index is 0.0201. The highest BCUT2D eigenvalue weighted by atomic mass is 28.4. The Kier molecular flexibility index (Phi) is 13.8. The van der Waals surface area contributed by atoms with Gasteiger partial charge in [0.15, 0.2) is 22.4 Å². The zero-order valence-electron chi connectivity index (χ0n) is 35.1. The normalized spacial score (nSPS) is 28.6. The highest BCUT2D eigenvalue weighted by Gasteiger charge is 2.52. The first kappa shape index (κ1) is 43.2. The third kappa shape index (κ3) is 9.83. The third-order valence-corrected chi connectivity index (χ3v) is 22.2. The van der Waals surface area contributed by atoms with Crippen molar-refractivity contribution in [1.82, 2.24) is 0 Å². The maximum atomic E-state index is 13.6. The average molecular weight is 729 g/mol. The van der Waals surface area contributed by atoms with E-state index in [2.05, 4.69) is 121 Å². The number of fused-ring (bicyclic) bond motifs is 1. The van der Waals surface area contributed by atoms with Crippen LogP contribution in [-0.4, -0.2) is 46.7 Å². The van der Waals surface area contributed by atoms with Crippen molar-refractivity contribution in [1.29, 1.82) is 0 Å². The van der Waals surface area contributed by atoms with Crippen LogP contribution in [0.3, 0.4) is 0 Å². The lowest BCUT2D eigenvalue weighted by atomic mass is 9.64. The van der Waals surface area contributed by atoms with Gasteiger partial charge in [-0.1, -0.05) is 118 Å². The van der Waals surface area contributed by atoms with Crippen molar-refractivity contribution >= 4 is 22.6 Å². The molecule has 0 aromatic rings. The quantitative estimate of drug-likeness (QED) is 0.0771. The summed E-state index contributed by atoms with van der Waals surface area (Å²) >= 11 is 0. The van der Waals surface area contributed by atoms with Crippen LogP contribution in [0.4, 0.5) is 0 Å². The number of hydrogen-bond donors (Lipinski definition) is 0. The lowest BCUT2D eigenvalue weighted by molar-refractivity contribution is -0.220. The number of allylic oxidation sites excluding steroid dienone is 5. The molecule has 4 atom stereocenters. The van der Waals surface area contributed by atoms with Crippen LogP contribution in [0.25, 0.3) is 0 Å². The van der Waals surface area contributed by atoms with Gasteiger partial charge in [-0.25, -0.2) is 4.79 Å². The van der Waals surface area contributed by atoms with Crippen molar-refractivity contribution in [3.05, 3.63) is 47.1 Å². The molecule has 3 aliphatic carbocycles. The summed E-state index contributed by atoms with van der Waals surface area (Å²) in [6.07, 6.45) is 17.4. The van der Waals surface area contributed by atoms with Crippen LogP contribution in [0.15, 0.2) is 47.1 Å². The summed E-state index contributed by atoms with van der Waals surface area (Å²) in [4.78, 5) is 13.6. The number of esters is 1. The summed E-state index contributed by atoms with van der Waals surface area (Å²) in [7, 11) is -4.59. The first-order chi connectivity index (χ1) is 22.9. The fraction of sp³-hybridized carbons (Fsp3) is 0.791. The van der Waals surface area contributed by atoms with Crippen molar-refractivity contribution in [2.75, 3.05) is 6.61 Å².